The Labute approximate surface area is 124 Å². The Morgan fingerprint density at radius 1 is 1.19 bits per heavy atom. The zero-order valence-corrected chi connectivity index (χ0v) is 12.7. The SMILES string of the molecule is Cc1ccccc1N(C)S(=O)(=O)c1ccc(CN)cc1F. The maximum atomic E-state index is 14.0. The van der Waals surface area contributed by atoms with Gasteiger partial charge in [0.05, 0.1) is 5.69 Å². The third-order valence-electron chi connectivity index (χ3n) is 3.33. The van der Waals surface area contributed by atoms with E-state index in [9.17, 15) is 12.8 Å². The normalized spacial score (nSPS) is 11.4. The first-order chi connectivity index (χ1) is 9.87. The molecule has 2 aromatic rings. The van der Waals surface area contributed by atoms with Crippen LogP contribution in [0, 0.1) is 12.7 Å². The van der Waals surface area contributed by atoms with Crippen LogP contribution in [0.1, 0.15) is 11.1 Å². The van der Waals surface area contributed by atoms with Gasteiger partial charge in [-0.2, -0.15) is 0 Å². The molecule has 2 rings (SSSR count). The van der Waals surface area contributed by atoms with Crippen LogP contribution < -0.4 is 10.0 Å². The van der Waals surface area contributed by atoms with Gasteiger partial charge in [-0.15, -0.1) is 0 Å². The lowest BCUT2D eigenvalue weighted by molar-refractivity contribution is 0.564. The zero-order valence-electron chi connectivity index (χ0n) is 11.9. The van der Waals surface area contributed by atoms with Gasteiger partial charge in [-0.3, -0.25) is 4.31 Å². The summed E-state index contributed by atoms with van der Waals surface area (Å²) in [7, 11) is -2.54. The molecule has 112 valence electrons. The molecule has 6 heteroatoms. The average molecular weight is 308 g/mol. The van der Waals surface area contributed by atoms with Gasteiger partial charge in [0, 0.05) is 13.6 Å². The molecule has 21 heavy (non-hydrogen) atoms. The van der Waals surface area contributed by atoms with Crippen molar-refractivity contribution in [3.63, 3.8) is 0 Å². The highest BCUT2D eigenvalue weighted by atomic mass is 32.2. The number of para-hydroxylation sites is 1. The molecule has 0 atom stereocenters. The van der Waals surface area contributed by atoms with Crippen molar-refractivity contribution >= 4 is 15.7 Å². The van der Waals surface area contributed by atoms with Gasteiger partial charge < -0.3 is 5.73 Å². The van der Waals surface area contributed by atoms with Gasteiger partial charge in [-0.25, -0.2) is 12.8 Å². The maximum absolute atomic E-state index is 14.0. The predicted molar refractivity (Wildman–Crippen MR) is 81.1 cm³/mol. The molecule has 4 nitrogen and oxygen atoms in total. The Balaban J connectivity index is 2.50. The number of rotatable bonds is 4. The minimum Gasteiger partial charge on any atom is -0.326 e. The van der Waals surface area contributed by atoms with Crippen LogP contribution in [0.4, 0.5) is 10.1 Å². The highest BCUT2D eigenvalue weighted by Crippen LogP contribution is 2.26. The summed E-state index contributed by atoms with van der Waals surface area (Å²) in [5, 5.41) is 0. The highest BCUT2D eigenvalue weighted by Gasteiger charge is 2.25. The van der Waals surface area contributed by atoms with Gasteiger partial charge >= 0.3 is 0 Å². The van der Waals surface area contributed by atoms with Crippen LogP contribution in [-0.2, 0) is 16.6 Å². The van der Waals surface area contributed by atoms with Crippen molar-refractivity contribution < 1.29 is 12.8 Å². The van der Waals surface area contributed by atoms with Crippen LogP contribution >= 0.6 is 0 Å². The lowest BCUT2D eigenvalue weighted by Gasteiger charge is -2.21. The monoisotopic (exact) mass is 308 g/mol. The van der Waals surface area contributed by atoms with E-state index in [1.54, 1.807) is 25.1 Å². The number of benzene rings is 2. The fourth-order valence-corrected chi connectivity index (χ4v) is 3.38. The summed E-state index contributed by atoms with van der Waals surface area (Å²) < 4.78 is 40.3. The van der Waals surface area contributed by atoms with Crippen LogP contribution in [0.15, 0.2) is 47.4 Å². The molecule has 0 unspecified atom stereocenters. The van der Waals surface area contributed by atoms with E-state index in [1.807, 2.05) is 6.07 Å². The molecule has 0 saturated heterocycles. The van der Waals surface area contributed by atoms with Crippen molar-refractivity contribution in [2.75, 3.05) is 11.4 Å². The fraction of sp³-hybridized carbons (Fsp3) is 0.200. The van der Waals surface area contributed by atoms with Crippen LogP contribution in [-0.4, -0.2) is 15.5 Å². The molecule has 0 amide bonds. The number of anilines is 1. The standard InChI is InChI=1S/C15H17FN2O2S/c1-11-5-3-4-6-14(11)18(2)21(19,20)15-8-7-12(10-17)9-13(15)16/h3-9H,10,17H2,1-2H3. The largest absolute Gasteiger partial charge is 0.326 e. The van der Waals surface area contributed by atoms with Crippen molar-refractivity contribution in [2.45, 2.75) is 18.4 Å². The number of hydrogen-bond donors (Lipinski definition) is 1. The Hall–Kier alpha value is -1.92. The smallest absolute Gasteiger partial charge is 0.266 e. The quantitative estimate of drug-likeness (QED) is 0.943. The molecular formula is C15H17FN2O2S. The highest BCUT2D eigenvalue weighted by molar-refractivity contribution is 7.92. The fourth-order valence-electron chi connectivity index (χ4n) is 2.07. The second kappa shape index (κ2) is 5.83. The zero-order chi connectivity index (χ0) is 15.6. The first-order valence-corrected chi connectivity index (χ1v) is 7.85. The molecule has 0 aliphatic heterocycles. The van der Waals surface area contributed by atoms with Crippen molar-refractivity contribution in [1.29, 1.82) is 0 Å². The van der Waals surface area contributed by atoms with Gasteiger partial charge in [0.25, 0.3) is 10.0 Å². The van der Waals surface area contributed by atoms with E-state index in [0.717, 1.165) is 15.9 Å². The summed E-state index contributed by atoms with van der Waals surface area (Å²) in [5.41, 5.74) is 7.28. The second-order valence-corrected chi connectivity index (χ2v) is 6.67. The topological polar surface area (TPSA) is 63.4 Å². The Bertz CT molecular complexity index is 760. The third kappa shape index (κ3) is 2.91. The average Bonchev–Trinajstić information content (AvgIpc) is 2.46. The third-order valence-corrected chi connectivity index (χ3v) is 5.13. The molecule has 0 radical (unpaired) electrons. The van der Waals surface area contributed by atoms with E-state index < -0.39 is 15.8 Å². The van der Waals surface area contributed by atoms with Gasteiger partial charge in [0.1, 0.15) is 10.7 Å². The first kappa shape index (κ1) is 15.5. The minimum absolute atomic E-state index is 0.158. The number of nitrogens with two attached hydrogens (primary N) is 1. The summed E-state index contributed by atoms with van der Waals surface area (Å²) in [5.74, 6) is -0.793. The van der Waals surface area contributed by atoms with Crippen LogP contribution in [0.25, 0.3) is 0 Å². The Morgan fingerprint density at radius 3 is 2.43 bits per heavy atom. The lowest BCUT2D eigenvalue weighted by atomic mass is 10.2. The molecule has 0 aliphatic carbocycles. The van der Waals surface area contributed by atoms with Crippen LogP contribution in [0.3, 0.4) is 0 Å². The van der Waals surface area contributed by atoms with E-state index in [1.165, 1.54) is 19.2 Å². The molecule has 0 saturated carbocycles. The summed E-state index contributed by atoms with van der Waals surface area (Å²) in [6.45, 7) is 1.96. The number of halogens is 1. The van der Waals surface area contributed by atoms with Gasteiger partial charge in [0.15, 0.2) is 0 Å². The lowest BCUT2D eigenvalue weighted by Crippen LogP contribution is -2.28. The summed E-state index contributed by atoms with van der Waals surface area (Å²) in [4.78, 5) is -0.356. The van der Waals surface area contributed by atoms with E-state index >= 15 is 0 Å². The van der Waals surface area contributed by atoms with Crippen molar-refractivity contribution in [1.82, 2.24) is 0 Å². The molecule has 0 aromatic heterocycles. The summed E-state index contributed by atoms with van der Waals surface area (Å²) in [6.07, 6.45) is 0. The predicted octanol–water partition coefficient (Wildman–Crippen LogP) is 2.42. The number of nitrogens with zero attached hydrogens (tertiary/aromatic N) is 1. The molecular weight excluding hydrogens is 291 g/mol. The first-order valence-electron chi connectivity index (χ1n) is 6.41. The van der Waals surface area contributed by atoms with Crippen molar-refractivity contribution in [3.05, 3.63) is 59.4 Å². The summed E-state index contributed by atoms with van der Waals surface area (Å²) in [6, 6.07) is 11.0. The number of sulfonamides is 1. The Morgan fingerprint density at radius 2 is 1.86 bits per heavy atom. The molecule has 0 fully saturated rings. The molecule has 2 N–H and O–H groups in total. The van der Waals surface area contributed by atoms with Gasteiger partial charge in [-0.05, 0) is 36.2 Å². The van der Waals surface area contributed by atoms with Crippen LogP contribution in [0.2, 0.25) is 0 Å². The number of aryl methyl sites for hydroxylation is 1. The molecule has 0 spiro atoms. The van der Waals surface area contributed by atoms with E-state index in [0.29, 0.717) is 11.3 Å². The van der Waals surface area contributed by atoms with E-state index in [-0.39, 0.29) is 11.4 Å². The maximum Gasteiger partial charge on any atom is 0.266 e. The number of hydrogen-bond acceptors (Lipinski definition) is 3. The molecule has 0 aliphatic rings. The summed E-state index contributed by atoms with van der Waals surface area (Å²) >= 11 is 0. The van der Waals surface area contributed by atoms with E-state index in [4.69, 9.17) is 5.73 Å². The Kier molecular flexibility index (Phi) is 4.29. The van der Waals surface area contributed by atoms with Gasteiger partial charge in [-0.1, -0.05) is 24.3 Å². The van der Waals surface area contributed by atoms with Crippen molar-refractivity contribution in [2.24, 2.45) is 5.73 Å². The minimum atomic E-state index is -3.95. The van der Waals surface area contributed by atoms with Crippen LogP contribution in [0.5, 0.6) is 0 Å². The van der Waals surface area contributed by atoms with Gasteiger partial charge in [0.2, 0.25) is 0 Å². The molecule has 2 aromatic carbocycles. The van der Waals surface area contributed by atoms with Crippen molar-refractivity contribution in [3.8, 4) is 0 Å². The molecule has 0 bridgehead atoms. The van der Waals surface area contributed by atoms with E-state index in [2.05, 4.69) is 0 Å². The second-order valence-electron chi connectivity index (χ2n) is 4.73. The molecule has 0 heterocycles.